The Morgan fingerprint density at radius 3 is 2.62 bits per heavy atom. The Kier molecular flexibility index (Phi) is 1.33. The maximum absolute atomic E-state index is 5.68. The zero-order valence-corrected chi connectivity index (χ0v) is 7.15. The predicted molar refractivity (Wildman–Crippen MR) is 51.0 cm³/mol. The Bertz CT molecular complexity index is 471. The summed E-state index contributed by atoms with van der Waals surface area (Å²) < 4.78 is 1.49. The van der Waals surface area contributed by atoms with Gasteiger partial charge in [0.25, 0.3) is 0 Å². The molecule has 2 aromatic heterocycles. The second-order valence-electron chi connectivity index (χ2n) is 2.82. The minimum atomic E-state index is 0.359. The van der Waals surface area contributed by atoms with Crippen LogP contribution in [0.3, 0.4) is 0 Å². The molecule has 0 bridgehead atoms. The normalized spacial score (nSPS) is 10.8. The van der Waals surface area contributed by atoms with Crippen LogP contribution >= 0.6 is 0 Å². The topological polar surface area (TPSA) is 108 Å². The first-order valence-corrected chi connectivity index (χ1v) is 3.76. The molecular formula is C7H10N6. The molecule has 0 aliphatic carbocycles. The van der Waals surface area contributed by atoms with Crippen LogP contribution in [0.15, 0.2) is 6.20 Å². The lowest BCUT2D eigenvalue weighted by molar-refractivity contribution is 0.865. The fourth-order valence-electron chi connectivity index (χ4n) is 1.19. The Balaban J connectivity index is 2.95. The quantitative estimate of drug-likeness (QED) is 0.517. The third-order valence-corrected chi connectivity index (χ3v) is 1.92. The lowest BCUT2D eigenvalue weighted by Gasteiger charge is -1.96. The van der Waals surface area contributed by atoms with E-state index in [1.807, 2.05) is 0 Å². The number of anilines is 3. The van der Waals surface area contributed by atoms with Crippen LogP contribution in [0.5, 0.6) is 0 Å². The average molecular weight is 178 g/mol. The van der Waals surface area contributed by atoms with E-state index >= 15 is 0 Å². The summed E-state index contributed by atoms with van der Waals surface area (Å²) in [7, 11) is 0. The molecule has 68 valence electrons. The van der Waals surface area contributed by atoms with Crippen molar-refractivity contribution in [3.63, 3.8) is 0 Å². The molecule has 6 nitrogen and oxygen atoms in total. The van der Waals surface area contributed by atoms with Crippen molar-refractivity contribution in [1.82, 2.24) is 14.6 Å². The van der Waals surface area contributed by atoms with E-state index in [0.717, 1.165) is 0 Å². The Hall–Kier alpha value is -1.98. The van der Waals surface area contributed by atoms with Gasteiger partial charge in [-0.1, -0.05) is 0 Å². The molecule has 2 aromatic rings. The van der Waals surface area contributed by atoms with Crippen LogP contribution in [0.1, 0.15) is 5.82 Å². The van der Waals surface area contributed by atoms with Crippen LogP contribution < -0.4 is 17.2 Å². The van der Waals surface area contributed by atoms with Crippen LogP contribution in [-0.2, 0) is 0 Å². The largest absolute Gasteiger partial charge is 0.395 e. The van der Waals surface area contributed by atoms with Crippen molar-refractivity contribution in [1.29, 1.82) is 0 Å². The zero-order valence-electron chi connectivity index (χ0n) is 7.15. The summed E-state index contributed by atoms with van der Waals surface area (Å²) in [6.07, 6.45) is 1.60. The number of rotatable bonds is 0. The first kappa shape index (κ1) is 7.66. The Labute approximate surface area is 74.3 Å². The van der Waals surface area contributed by atoms with Crippen LogP contribution in [0.4, 0.5) is 17.2 Å². The smallest absolute Gasteiger partial charge is 0.151 e. The van der Waals surface area contributed by atoms with Gasteiger partial charge in [-0.2, -0.15) is 5.10 Å². The molecule has 0 aliphatic heterocycles. The molecule has 6 heteroatoms. The van der Waals surface area contributed by atoms with Crippen LogP contribution in [0.25, 0.3) is 5.52 Å². The molecule has 0 spiro atoms. The lowest BCUT2D eigenvalue weighted by Crippen LogP contribution is -2.01. The van der Waals surface area contributed by atoms with Gasteiger partial charge < -0.3 is 17.2 Å². The fraction of sp³-hybridized carbons (Fsp3) is 0.143. The molecule has 0 unspecified atom stereocenters. The second kappa shape index (κ2) is 2.25. The van der Waals surface area contributed by atoms with Gasteiger partial charge in [-0.05, 0) is 6.92 Å². The summed E-state index contributed by atoms with van der Waals surface area (Å²) in [6.45, 7) is 1.77. The molecule has 6 N–H and O–H groups in total. The van der Waals surface area contributed by atoms with Gasteiger partial charge in [0.1, 0.15) is 11.3 Å². The van der Waals surface area contributed by atoms with Crippen molar-refractivity contribution in [2.24, 2.45) is 0 Å². The van der Waals surface area contributed by atoms with Gasteiger partial charge in [0.15, 0.2) is 5.82 Å². The number of aromatic nitrogens is 3. The first-order valence-electron chi connectivity index (χ1n) is 3.76. The second-order valence-corrected chi connectivity index (χ2v) is 2.82. The monoisotopic (exact) mass is 178 g/mol. The molecule has 0 aliphatic rings. The van der Waals surface area contributed by atoms with Crippen molar-refractivity contribution in [3.8, 4) is 0 Å². The summed E-state index contributed by atoms with van der Waals surface area (Å²) >= 11 is 0. The van der Waals surface area contributed by atoms with E-state index < -0.39 is 0 Å². The number of hydrogen-bond acceptors (Lipinski definition) is 5. The average Bonchev–Trinajstić information content (AvgIpc) is 2.32. The Morgan fingerprint density at radius 2 is 1.92 bits per heavy atom. The highest BCUT2D eigenvalue weighted by atomic mass is 15.3. The maximum atomic E-state index is 5.68. The summed E-state index contributed by atoms with van der Waals surface area (Å²) in [5.74, 6) is 0.979. The minimum Gasteiger partial charge on any atom is -0.395 e. The highest BCUT2D eigenvalue weighted by Gasteiger charge is 2.11. The van der Waals surface area contributed by atoms with E-state index in [0.29, 0.717) is 28.5 Å². The third kappa shape index (κ3) is 0.883. The van der Waals surface area contributed by atoms with E-state index in [9.17, 15) is 0 Å². The lowest BCUT2D eigenvalue weighted by atomic mass is 10.4. The first-order chi connectivity index (χ1) is 6.11. The SMILES string of the molecule is Cc1ncc2c(N)c(N)c(N)n2n1. The minimum absolute atomic E-state index is 0.359. The molecule has 0 aromatic carbocycles. The molecule has 0 fully saturated rings. The fourth-order valence-corrected chi connectivity index (χ4v) is 1.19. The van der Waals surface area contributed by atoms with Crippen LogP contribution in [0.2, 0.25) is 0 Å². The van der Waals surface area contributed by atoms with Crippen molar-refractivity contribution in [3.05, 3.63) is 12.0 Å². The molecule has 0 saturated heterocycles. The molecule has 0 amide bonds. The van der Waals surface area contributed by atoms with Crippen LogP contribution in [-0.4, -0.2) is 14.6 Å². The van der Waals surface area contributed by atoms with Gasteiger partial charge in [0.2, 0.25) is 0 Å². The van der Waals surface area contributed by atoms with Crippen molar-refractivity contribution >= 4 is 22.7 Å². The standard InChI is InChI=1S/C7H10N6/c1-3-11-2-4-5(8)6(9)7(10)13(4)12-3/h2H,8-10H2,1H3. The van der Waals surface area contributed by atoms with Crippen molar-refractivity contribution < 1.29 is 0 Å². The van der Waals surface area contributed by atoms with E-state index in [1.54, 1.807) is 13.1 Å². The van der Waals surface area contributed by atoms with E-state index in [1.165, 1.54) is 4.52 Å². The van der Waals surface area contributed by atoms with Gasteiger partial charge >= 0.3 is 0 Å². The van der Waals surface area contributed by atoms with Crippen LogP contribution in [0, 0.1) is 6.92 Å². The molecule has 2 heterocycles. The number of hydrogen-bond donors (Lipinski definition) is 3. The molecule has 2 rings (SSSR count). The van der Waals surface area contributed by atoms with E-state index in [-0.39, 0.29) is 0 Å². The summed E-state index contributed by atoms with van der Waals surface area (Å²) in [5.41, 5.74) is 18.4. The van der Waals surface area contributed by atoms with Gasteiger partial charge in [-0.15, -0.1) is 0 Å². The van der Waals surface area contributed by atoms with Gasteiger partial charge in [0.05, 0.1) is 17.6 Å². The van der Waals surface area contributed by atoms with E-state index in [2.05, 4.69) is 10.1 Å². The van der Waals surface area contributed by atoms with Gasteiger partial charge in [-0.3, -0.25) is 0 Å². The van der Waals surface area contributed by atoms with Crippen molar-refractivity contribution in [2.75, 3.05) is 17.2 Å². The number of nitrogens with zero attached hydrogens (tertiary/aromatic N) is 3. The molecular weight excluding hydrogens is 168 g/mol. The third-order valence-electron chi connectivity index (χ3n) is 1.92. The predicted octanol–water partition coefficient (Wildman–Crippen LogP) is -0.216. The summed E-state index contributed by atoms with van der Waals surface area (Å²) in [4.78, 5) is 4.00. The Morgan fingerprint density at radius 1 is 1.23 bits per heavy atom. The molecule has 0 atom stereocenters. The highest BCUT2D eigenvalue weighted by molar-refractivity contribution is 5.89. The number of fused-ring (bicyclic) bond motifs is 1. The number of aryl methyl sites for hydroxylation is 1. The summed E-state index contributed by atoms with van der Waals surface area (Å²) in [5, 5.41) is 4.08. The molecule has 0 radical (unpaired) electrons. The van der Waals surface area contributed by atoms with Gasteiger partial charge in [-0.25, -0.2) is 9.50 Å². The highest BCUT2D eigenvalue weighted by Crippen LogP contribution is 2.28. The number of nitrogen functional groups attached to an aromatic ring is 3. The van der Waals surface area contributed by atoms with E-state index in [4.69, 9.17) is 17.2 Å². The molecule has 0 saturated carbocycles. The van der Waals surface area contributed by atoms with Crippen molar-refractivity contribution in [2.45, 2.75) is 6.92 Å². The zero-order chi connectivity index (χ0) is 9.59. The maximum Gasteiger partial charge on any atom is 0.151 e. The van der Waals surface area contributed by atoms with Gasteiger partial charge in [0, 0.05) is 0 Å². The molecule has 13 heavy (non-hydrogen) atoms. The summed E-state index contributed by atoms with van der Waals surface area (Å²) in [6, 6.07) is 0. The number of nitrogens with two attached hydrogens (primary N) is 3.